The molecule has 0 amide bonds. The van der Waals surface area contributed by atoms with Gasteiger partial charge in [0.2, 0.25) is 5.95 Å². The van der Waals surface area contributed by atoms with Crippen molar-refractivity contribution in [1.29, 1.82) is 0 Å². The maximum absolute atomic E-state index is 9.78. The molecule has 0 saturated heterocycles. The van der Waals surface area contributed by atoms with Crippen LogP contribution in [0.4, 0.5) is 11.6 Å². The maximum Gasteiger partial charge on any atom is 0.227 e. The van der Waals surface area contributed by atoms with Gasteiger partial charge in [-0.3, -0.25) is 0 Å². The highest BCUT2D eigenvalue weighted by atomic mass is 32.1. The minimum absolute atomic E-state index is 0.516. The first-order valence-electron chi connectivity index (χ1n) is 9.91. The highest BCUT2D eigenvalue weighted by Gasteiger charge is 2.07. The summed E-state index contributed by atoms with van der Waals surface area (Å²) in [5.74, 6) is 1.36. The highest BCUT2D eigenvalue weighted by molar-refractivity contribution is 7.16. The third kappa shape index (κ3) is 5.36. The molecule has 0 aliphatic heterocycles. The molecule has 6 heteroatoms. The molecule has 31 heavy (non-hydrogen) atoms. The molecular weight excluding hydrogens is 406 g/mol. The molecule has 1 unspecified atom stereocenters. The van der Waals surface area contributed by atoms with E-state index in [1.165, 1.54) is 0 Å². The molecule has 2 heterocycles. The van der Waals surface area contributed by atoms with Gasteiger partial charge in [0, 0.05) is 16.8 Å². The third-order valence-corrected chi connectivity index (χ3v) is 5.77. The van der Waals surface area contributed by atoms with Gasteiger partial charge in [-0.2, -0.15) is 0 Å². The van der Waals surface area contributed by atoms with E-state index in [1.807, 2.05) is 54.6 Å². The molecule has 0 aliphatic rings. The van der Waals surface area contributed by atoms with E-state index in [-0.39, 0.29) is 0 Å². The Morgan fingerprint density at radius 1 is 1.03 bits per heavy atom. The van der Waals surface area contributed by atoms with Gasteiger partial charge < -0.3 is 15.2 Å². The Labute approximate surface area is 185 Å². The largest absolute Gasteiger partial charge is 0.497 e. The van der Waals surface area contributed by atoms with Gasteiger partial charge in [0.1, 0.15) is 5.75 Å². The number of aliphatic hydroxyl groups excluding tert-OH is 1. The van der Waals surface area contributed by atoms with Crippen LogP contribution < -0.4 is 10.1 Å². The van der Waals surface area contributed by atoms with Crippen molar-refractivity contribution in [1.82, 2.24) is 9.97 Å². The number of nitrogens with zero attached hydrogens (tertiary/aromatic N) is 2. The van der Waals surface area contributed by atoms with Crippen LogP contribution in [0.5, 0.6) is 5.75 Å². The minimum atomic E-state index is -0.524. The van der Waals surface area contributed by atoms with E-state index < -0.39 is 6.10 Å². The Morgan fingerprint density at radius 3 is 2.74 bits per heavy atom. The second-order valence-corrected chi connectivity index (χ2v) is 8.12. The second-order valence-electron chi connectivity index (χ2n) is 7.00. The summed E-state index contributed by atoms with van der Waals surface area (Å²) < 4.78 is 5.28. The lowest BCUT2D eigenvalue weighted by Crippen LogP contribution is -1.99. The number of benzene rings is 2. The molecule has 0 saturated carbocycles. The lowest BCUT2D eigenvalue weighted by molar-refractivity contribution is 0.199. The fourth-order valence-electron chi connectivity index (χ4n) is 3.07. The minimum Gasteiger partial charge on any atom is -0.497 e. The number of methoxy groups -OCH3 is 1. The first kappa shape index (κ1) is 20.8. The lowest BCUT2D eigenvalue weighted by atomic mass is 10.1. The van der Waals surface area contributed by atoms with Crippen molar-refractivity contribution >= 4 is 35.1 Å². The van der Waals surface area contributed by atoms with Crippen molar-refractivity contribution in [2.45, 2.75) is 13.0 Å². The first-order valence-corrected chi connectivity index (χ1v) is 10.7. The SMILES string of the molecule is COc1cccc(/C=C/c2ccc(-c3ccnc(Nc4cccc(C(C)O)c4)n3)s2)c1. The van der Waals surface area contributed by atoms with Gasteiger partial charge in [-0.25, -0.2) is 9.97 Å². The molecule has 4 aromatic rings. The smallest absolute Gasteiger partial charge is 0.227 e. The predicted molar refractivity (Wildman–Crippen MR) is 128 cm³/mol. The average molecular weight is 430 g/mol. The number of ether oxygens (including phenoxy) is 1. The van der Waals surface area contributed by atoms with Crippen LogP contribution in [0, 0.1) is 0 Å². The normalized spacial score (nSPS) is 12.1. The van der Waals surface area contributed by atoms with E-state index in [2.05, 4.69) is 39.6 Å². The Morgan fingerprint density at radius 2 is 1.90 bits per heavy atom. The van der Waals surface area contributed by atoms with Crippen molar-refractivity contribution in [3.63, 3.8) is 0 Å². The predicted octanol–water partition coefficient (Wildman–Crippen LogP) is 6.18. The summed E-state index contributed by atoms with van der Waals surface area (Å²) in [6.45, 7) is 1.74. The number of thiophene rings is 1. The van der Waals surface area contributed by atoms with Gasteiger partial charge in [0.15, 0.2) is 0 Å². The van der Waals surface area contributed by atoms with Gasteiger partial charge in [-0.05, 0) is 66.6 Å². The van der Waals surface area contributed by atoms with Crippen LogP contribution in [-0.4, -0.2) is 22.2 Å². The number of aromatic nitrogens is 2. The van der Waals surface area contributed by atoms with Crippen LogP contribution in [0.1, 0.15) is 29.0 Å². The maximum atomic E-state index is 9.78. The average Bonchev–Trinajstić information content (AvgIpc) is 3.27. The van der Waals surface area contributed by atoms with Crippen molar-refractivity contribution in [2.24, 2.45) is 0 Å². The molecule has 5 nitrogen and oxygen atoms in total. The van der Waals surface area contributed by atoms with Crippen LogP contribution in [0.25, 0.3) is 22.7 Å². The Balaban J connectivity index is 1.50. The molecule has 1 atom stereocenters. The summed E-state index contributed by atoms with van der Waals surface area (Å²) in [5, 5.41) is 13.0. The van der Waals surface area contributed by atoms with Crippen LogP contribution in [0.3, 0.4) is 0 Å². The van der Waals surface area contributed by atoms with Gasteiger partial charge >= 0.3 is 0 Å². The van der Waals surface area contributed by atoms with E-state index in [9.17, 15) is 5.11 Å². The zero-order valence-electron chi connectivity index (χ0n) is 17.3. The molecule has 2 N–H and O–H groups in total. The zero-order chi connectivity index (χ0) is 21.6. The summed E-state index contributed by atoms with van der Waals surface area (Å²) in [7, 11) is 1.67. The van der Waals surface area contributed by atoms with E-state index in [4.69, 9.17) is 4.74 Å². The fraction of sp³-hybridized carbons (Fsp3) is 0.120. The van der Waals surface area contributed by atoms with E-state index in [0.29, 0.717) is 5.95 Å². The molecular formula is C25H23N3O2S. The monoisotopic (exact) mass is 429 g/mol. The van der Waals surface area contributed by atoms with Crippen LogP contribution in [0.15, 0.2) is 72.9 Å². The van der Waals surface area contributed by atoms with Gasteiger partial charge in [0.05, 0.1) is 23.8 Å². The third-order valence-electron chi connectivity index (χ3n) is 4.69. The van der Waals surface area contributed by atoms with Crippen molar-refractivity contribution < 1.29 is 9.84 Å². The molecule has 0 fully saturated rings. The summed E-state index contributed by atoms with van der Waals surface area (Å²) in [4.78, 5) is 11.2. The number of nitrogens with one attached hydrogen (secondary N) is 1. The number of hydrogen-bond acceptors (Lipinski definition) is 6. The van der Waals surface area contributed by atoms with Crippen LogP contribution in [0.2, 0.25) is 0 Å². The van der Waals surface area contributed by atoms with Crippen LogP contribution in [-0.2, 0) is 0 Å². The number of hydrogen-bond donors (Lipinski definition) is 2. The topological polar surface area (TPSA) is 67.3 Å². The summed E-state index contributed by atoms with van der Waals surface area (Å²) in [5.41, 5.74) is 3.62. The Kier molecular flexibility index (Phi) is 6.40. The Bertz CT molecular complexity index is 1200. The quantitative estimate of drug-likeness (QED) is 0.367. The van der Waals surface area contributed by atoms with Crippen molar-refractivity contribution in [3.05, 3.63) is 88.9 Å². The zero-order valence-corrected chi connectivity index (χ0v) is 18.1. The fourth-order valence-corrected chi connectivity index (χ4v) is 3.95. The van der Waals surface area contributed by atoms with E-state index in [1.54, 1.807) is 31.6 Å². The first-order chi connectivity index (χ1) is 15.1. The van der Waals surface area contributed by atoms with Gasteiger partial charge in [0.25, 0.3) is 0 Å². The molecule has 0 spiro atoms. The van der Waals surface area contributed by atoms with Gasteiger partial charge in [-0.15, -0.1) is 11.3 Å². The molecule has 0 radical (unpaired) electrons. The second kappa shape index (κ2) is 9.55. The van der Waals surface area contributed by atoms with Crippen molar-refractivity contribution in [3.8, 4) is 16.3 Å². The number of rotatable bonds is 7. The summed E-state index contributed by atoms with van der Waals surface area (Å²) in [6.07, 6.45) is 5.38. The molecule has 4 rings (SSSR count). The van der Waals surface area contributed by atoms with E-state index in [0.717, 1.165) is 38.0 Å². The highest BCUT2D eigenvalue weighted by Crippen LogP contribution is 2.29. The van der Waals surface area contributed by atoms with Gasteiger partial charge in [-0.1, -0.05) is 30.3 Å². The standard InChI is InChI=1S/C25H23N3O2S/c1-17(29)19-6-4-7-20(16-19)27-25-26-14-13-23(28-25)24-12-11-22(31-24)10-9-18-5-3-8-21(15-18)30-2/h3-17,29H,1-2H3,(H,26,27,28)/b10-9+. The Hall–Kier alpha value is -3.48. The molecule has 0 aliphatic carbocycles. The molecule has 0 bridgehead atoms. The molecule has 156 valence electrons. The lowest BCUT2D eigenvalue weighted by Gasteiger charge is -2.09. The van der Waals surface area contributed by atoms with E-state index >= 15 is 0 Å². The number of anilines is 2. The molecule has 2 aromatic heterocycles. The van der Waals surface area contributed by atoms with Crippen molar-refractivity contribution in [2.75, 3.05) is 12.4 Å². The summed E-state index contributed by atoms with van der Waals surface area (Å²) >= 11 is 1.67. The molecule has 2 aromatic carbocycles. The number of aliphatic hydroxyl groups is 1. The summed E-state index contributed by atoms with van der Waals surface area (Å²) in [6, 6.07) is 21.6. The van der Waals surface area contributed by atoms with Crippen LogP contribution >= 0.6 is 11.3 Å².